The zero-order valence-electron chi connectivity index (χ0n) is 12.3. The summed E-state index contributed by atoms with van der Waals surface area (Å²) in [6.07, 6.45) is 2.03. The molecule has 0 saturated heterocycles. The van der Waals surface area contributed by atoms with E-state index in [1.54, 1.807) is 4.52 Å². The van der Waals surface area contributed by atoms with Crippen molar-refractivity contribution >= 4 is 11.3 Å². The van der Waals surface area contributed by atoms with Crippen LogP contribution in [0.3, 0.4) is 0 Å². The van der Waals surface area contributed by atoms with Gasteiger partial charge in [-0.15, -0.1) is 10.2 Å². The number of fused-ring (bicyclic) bond motifs is 1. The molecule has 3 aromatic rings. The summed E-state index contributed by atoms with van der Waals surface area (Å²) < 4.78 is 27.9. The Hall–Kier alpha value is -2.57. The van der Waals surface area contributed by atoms with Gasteiger partial charge in [0.2, 0.25) is 5.65 Å². The monoisotopic (exact) mass is 303 g/mol. The number of rotatable bonds is 4. The van der Waals surface area contributed by atoms with E-state index in [9.17, 15) is 8.78 Å². The number of aryl methyl sites for hydroxylation is 1. The van der Waals surface area contributed by atoms with Gasteiger partial charge < -0.3 is 5.32 Å². The Morgan fingerprint density at radius 2 is 1.86 bits per heavy atom. The van der Waals surface area contributed by atoms with Gasteiger partial charge in [-0.3, -0.25) is 0 Å². The Labute approximate surface area is 126 Å². The minimum absolute atomic E-state index is 0.496. The van der Waals surface area contributed by atoms with Crippen LogP contribution in [0.15, 0.2) is 24.5 Å². The van der Waals surface area contributed by atoms with Crippen LogP contribution in [-0.4, -0.2) is 26.4 Å². The summed E-state index contributed by atoms with van der Waals surface area (Å²) in [5.41, 5.74) is 3.92. The maximum atomic E-state index is 13.2. The zero-order chi connectivity index (χ0) is 15.7. The van der Waals surface area contributed by atoms with Crippen LogP contribution in [0.4, 0.5) is 14.5 Å². The highest BCUT2D eigenvalue weighted by molar-refractivity contribution is 5.71. The van der Waals surface area contributed by atoms with Crippen LogP contribution in [0.1, 0.15) is 16.8 Å². The van der Waals surface area contributed by atoms with Crippen molar-refractivity contribution in [1.29, 1.82) is 0 Å². The summed E-state index contributed by atoms with van der Waals surface area (Å²) in [5, 5.41) is 15.5. The summed E-state index contributed by atoms with van der Waals surface area (Å²) in [6.45, 7) is 4.37. The molecule has 0 aliphatic carbocycles. The summed E-state index contributed by atoms with van der Waals surface area (Å²) in [7, 11) is 0. The molecule has 0 bridgehead atoms. The molecule has 1 aromatic carbocycles. The predicted octanol–water partition coefficient (Wildman–Crippen LogP) is 2.67. The van der Waals surface area contributed by atoms with Crippen LogP contribution in [0.2, 0.25) is 0 Å². The molecular formula is C15H15F2N5. The Morgan fingerprint density at radius 1 is 1.14 bits per heavy atom. The normalized spacial score (nSPS) is 11.1. The van der Waals surface area contributed by atoms with Gasteiger partial charge in [0.15, 0.2) is 0 Å². The quantitative estimate of drug-likeness (QED) is 0.805. The molecule has 0 aliphatic heterocycles. The topological polar surface area (TPSA) is 55.1 Å². The third-order valence-electron chi connectivity index (χ3n) is 3.57. The second-order valence-electron chi connectivity index (χ2n) is 5.14. The molecule has 22 heavy (non-hydrogen) atoms. The van der Waals surface area contributed by atoms with Crippen molar-refractivity contribution in [1.82, 2.24) is 19.8 Å². The van der Waals surface area contributed by atoms with Crippen molar-refractivity contribution < 1.29 is 8.78 Å². The number of benzene rings is 1. The first-order valence-electron chi connectivity index (χ1n) is 6.90. The maximum Gasteiger partial charge on any atom is 0.200 e. The van der Waals surface area contributed by atoms with Crippen LogP contribution in [-0.2, 0) is 6.42 Å². The summed E-state index contributed by atoms with van der Waals surface area (Å²) in [5.74, 6) is -1.13. The second kappa shape index (κ2) is 5.67. The van der Waals surface area contributed by atoms with Crippen LogP contribution < -0.4 is 5.32 Å². The number of hydrogen-bond donors (Lipinski definition) is 1. The fourth-order valence-corrected chi connectivity index (χ4v) is 2.35. The first kappa shape index (κ1) is 14.4. The van der Waals surface area contributed by atoms with E-state index in [1.807, 2.05) is 13.8 Å². The number of hydrogen-bond acceptors (Lipinski definition) is 4. The van der Waals surface area contributed by atoms with Gasteiger partial charge in [0.1, 0.15) is 18.0 Å². The Bertz CT molecular complexity index is 808. The smallest absolute Gasteiger partial charge is 0.200 e. The van der Waals surface area contributed by atoms with Gasteiger partial charge in [0, 0.05) is 12.6 Å². The van der Waals surface area contributed by atoms with Crippen molar-refractivity contribution in [3.05, 3.63) is 53.0 Å². The first-order chi connectivity index (χ1) is 10.5. The Morgan fingerprint density at radius 3 is 2.59 bits per heavy atom. The van der Waals surface area contributed by atoms with Crippen LogP contribution in [0, 0.1) is 25.5 Å². The summed E-state index contributed by atoms with van der Waals surface area (Å²) in [4.78, 5) is 0. The van der Waals surface area contributed by atoms with E-state index in [4.69, 9.17) is 0 Å². The second-order valence-corrected chi connectivity index (χ2v) is 5.14. The molecule has 114 valence electrons. The highest BCUT2D eigenvalue weighted by atomic mass is 19.1. The van der Waals surface area contributed by atoms with Crippen molar-refractivity contribution in [3.63, 3.8) is 0 Å². The van der Waals surface area contributed by atoms with E-state index in [-0.39, 0.29) is 0 Å². The molecular weight excluding hydrogens is 288 g/mol. The summed E-state index contributed by atoms with van der Waals surface area (Å²) >= 11 is 0. The van der Waals surface area contributed by atoms with Crippen molar-refractivity contribution in [2.24, 2.45) is 0 Å². The Kier molecular flexibility index (Phi) is 3.70. The zero-order valence-corrected chi connectivity index (χ0v) is 12.3. The molecule has 3 rings (SSSR count). The molecule has 7 heteroatoms. The van der Waals surface area contributed by atoms with Gasteiger partial charge in [-0.05, 0) is 43.5 Å². The van der Waals surface area contributed by atoms with Crippen LogP contribution in [0.25, 0.3) is 5.65 Å². The van der Waals surface area contributed by atoms with Gasteiger partial charge >= 0.3 is 0 Å². The molecule has 0 fully saturated rings. The molecule has 0 aliphatic rings. The molecule has 2 heterocycles. The molecule has 0 atom stereocenters. The molecule has 0 unspecified atom stereocenters. The third kappa shape index (κ3) is 2.74. The molecule has 5 nitrogen and oxygen atoms in total. The van der Waals surface area contributed by atoms with Crippen molar-refractivity contribution in [2.75, 3.05) is 11.9 Å². The van der Waals surface area contributed by atoms with Crippen molar-refractivity contribution in [3.8, 4) is 0 Å². The van der Waals surface area contributed by atoms with Gasteiger partial charge in [-0.25, -0.2) is 8.78 Å². The first-order valence-corrected chi connectivity index (χ1v) is 6.90. The van der Waals surface area contributed by atoms with E-state index in [0.29, 0.717) is 24.2 Å². The average Bonchev–Trinajstić information content (AvgIpc) is 2.89. The van der Waals surface area contributed by atoms with E-state index in [2.05, 4.69) is 20.6 Å². The standard InChI is InChI=1S/C15H15F2N5/c1-9-10(2)21-22-8-19-20-15(22)14(9)18-4-3-11-5-12(16)7-13(17)6-11/h5-8,18H,3-4H2,1-2H3. The fourth-order valence-electron chi connectivity index (χ4n) is 2.35. The molecule has 1 N–H and O–H groups in total. The number of anilines is 1. The summed E-state index contributed by atoms with van der Waals surface area (Å²) in [6, 6.07) is 3.54. The van der Waals surface area contributed by atoms with E-state index in [0.717, 1.165) is 23.0 Å². The van der Waals surface area contributed by atoms with Gasteiger partial charge in [0.25, 0.3) is 0 Å². The number of nitrogens with zero attached hydrogens (tertiary/aromatic N) is 4. The molecule has 0 amide bonds. The molecule has 0 saturated carbocycles. The third-order valence-corrected chi connectivity index (χ3v) is 3.57. The fraction of sp³-hybridized carbons (Fsp3) is 0.267. The minimum Gasteiger partial charge on any atom is -0.381 e. The van der Waals surface area contributed by atoms with Gasteiger partial charge in [0.05, 0.1) is 11.4 Å². The molecule has 0 spiro atoms. The SMILES string of the molecule is Cc1nn2cnnc2c(NCCc2cc(F)cc(F)c2)c1C. The lowest BCUT2D eigenvalue weighted by atomic mass is 10.1. The van der Waals surface area contributed by atoms with Crippen LogP contribution >= 0.6 is 0 Å². The van der Waals surface area contributed by atoms with Gasteiger partial charge in [-0.1, -0.05) is 0 Å². The lowest BCUT2D eigenvalue weighted by molar-refractivity contribution is 0.580. The average molecular weight is 303 g/mol. The number of aromatic nitrogens is 4. The number of halogens is 2. The van der Waals surface area contributed by atoms with Gasteiger partial charge in [-0.2, -0.15) is 9.61 Å². The lowest BCUT2D eigenvalue weighted by Gasteiger charge is -2.12. The largest absolute Gasteiger partial charge is 0.381 e. The van der Waals surface area contributed by atoms with E-state index >= 15 is 0 Å². The van der Waals surface area contributed by atoms with E-state index < -0.39 is 11.6 Å². The van der Waals surface area contributed by atoms with Crippen molar-refractivity contribution in [2.45, 2.75) is 20.3 Å². The highest BCUT2D eigenvalue weighted by Crippen LogP contribution is 2.21. The predicted molar refractivity (Wildman–Crippen MR) is 78.8 cm³/mol. The highest BCUT2D eigenvalue weighted by Gasteiger charge is 2.11. The molecule has 0 radical (unpaired) electrons. The van der Waals surface area contributed by atoms with E-state index in [1.165, 1.54) is 18.5 Å². The molecule has 2 aromatic heterocycles. The number of nitrogens with one attached hydrogen (secondary N) is 1. The maximum absolute atomic E-state index is 13.2. The minimum atomic E-state index is -0.564. The lowest BCUT2D eigenvalue weighted by Crippen LogP contribution is -2.10. The Balaban J connectivity index is 1.79. The van der Waals surface area contributed by atoms with Crippen LogP contribution in [0.5, 0.6) is 0 Å².